The van der Waals surface area contributed by atoms with Crippen molar-refractivity contribution in [2.24, 2.45) is 0 Å². The van der Waals surface area contributed by atoms with Crippen LogP contribution >= 0.6 is 11.3 Å². The van der Waals surface area contributed by atoms with Crippen molar-refractivity contribution in [3.63, 3.8) is 0 Å². The van der Waals surface area contributed by atoms with Gasteiger partial charge < -0.3 is 9.15 Å². The Hall–Kier alpha value is -3.71. The topological polar surface area (TPSA) is 72.6 Å². The molecule has 0 radical (unpaired) electrons. The second-order valence-electron chi connectivity index (χ2n) is 6.73. The minimum absolute atomic E-state index is 0.0521. The first-order chi connectivity index (χ1) is 14.7. The molecule has 0 saturated carbocycles. The normalized spacial score (nSPS) is 15.4. The van der Waals surface area contributed by atoms with Gasteiger partial charge in [-0.3, -0.25) is 14.5 Å². The van der Waals surface area contributed by atoms with Gasteiger partial charge in [-0.25, -0.2) is 4.98 Å². The molecule has 3 heterocycles. The van der Waals surface area contributed by atoms with E-state index in [-0.39, 0.29) is 17.1 Å². The number of amides is 1. The molecule has 1 amide bonds. The highest BCUT2D eigenvalue weighted by atomic mass is 32.1. The number of hydrogen-bond donors (Lipinski definition) is 0. The standard InChI is InChI=1S/C23H16N2O4S/c1-2-11-28-15-7-5-6-14(13-15)19-18-20(26)16-8-3-4-9-17(16)29-21(18)22(27)25(19)23-24-10-12-30-23/h2-10,12-13,19H,1,11H2. The number of para-hydroxylation sites is 1. The molecule has 0 aliphatic carbocycles. The van der Waals surface area contributed by atoms with Gasteiger partial charge in [0.05, 0.1) is 17.0 Å². The molecule has 5 rings (SSSR count). The van der Waals surface area contributed by atoms with Crippen LogP contribution in [0.2, 0.25) is 0 Å². The summed E-state index contributed by atoms with van der Waals surface area (Å²) in [5.74, 6) is 0.291. The molecule has 0 spiro atoms. The van der Waals surface area contributed by atoms with Crippen LogP contribution in [0.4, 0.5) is 5.13 Å². The maximum Gasteiger partial charge on any atom is 0.297 e. The first kappa shape index (κ1) is 18.3. The van der Waals surface area contributed by atoms with E-state index in [2.05, 4.69) is 11.6 Å². The number of aromatic nitrogens is 1. The fourth-order valence-electron chi connectivity index (χ4n) is 3.70. The molecule has 0 saturated heterocycles. The number of ether oxygens (including phenoxy) is 1. The molecule has 1 aliphatic heterocycles. The van der Waals surface area contributed by atoms with Gasteiger partial charge in [0.2, 0.25) is 5.76 Å². The van der Waals surface area contributed by atoms with Crippen LogP contribution in [0.15, 0.2) is 82.0 Å². The van der Waals surface area contributed by atoms with Crippen LogP contribution in [0.1, 0.15) is 27.7 Å². The summed E-state index contributed by atoms with van der Waals surface area (Å²) >= 11 is 1.33. The van der Waals surface area contributed by atoms with Crippen molar-refractivity contribution < 1.29 is 13.9 Å². The van der Waals surface area contributed by atoms with Crippen LogP contribution < -0.4 is 15.1 Å². The molecule has 6 nitrogen and oxygen atoms in total. The zero-order valence-electron chi connectivity index (χ0n) is 15.8. The Morgan fingerprint density at radius 3 is 2.87 bits per heavy atom. The molecular formula is C23H16N2O4S. The third-order valence-electron chi connectivity index (χ3n) is 4.94. The number of thiazole rings is 1. The van der Waals surface area contributed by atoms with Crippen LogP contribution in [0.3, 0.4) is 0 Å². The molecule has 1 unspecified atom stereocenters. The Morgan fingerprint density at radius 1 is 1.20 bits per heavy atom. The summed E-state index contributed by atoms with van der Waals surface area (Å²) in [6.07, 6.45) is 3.28. The predicted molar refractivity (Wildman–Crippen MR) is 115 cm³/mol. The van der Waals surface area contributed by atoms with Crippen LogP contribution in [0, 0.1) is 0 Å². The van der Waals surface area contributed by atoms with Gasteiger partial charge in [0, 0.05) is 11.6 Å². The van der Waals surface area contributed by atoms with Crippen molar-refractivity contribution in [2.45, 2.75) is 6.04 Å². The summed E-state index contributed by atoms with van der Waals surface area (Å²) in [7, 11) is 0. The monoisotopic (exact) mass is 416 g/mol. The number of rotatable bonds is 5. The van der Waals surface area contributed by atoms with Crippen molar-refractivity contribution in [3.05, 3.63) is 99.9 Å². The van der Waals surface area contributed by atoms with Gasteiger partial charge in [-0.2, -0.15) is 0 Å². The highest BCUT2D eigenvalue weighted by Gasteiger charge is 2.44. The Kier molecular flexibility index (Phi) is 4.44. The Bertz CT molecular complexity index is 1330. The third-order valence-corrected chi connectivity index (χ3v) is 5.72. The predicted octanol–water partition coefficient (Wildman–Crippen LogP) is 4.56. The Morgan fingerprint density at radius 2 is 2.07 bits per heavy atom. The zero-order valence-corrected chi connectivity index (χ0v) is 16.6. The molecule has 30 heavy (non-hydrogen) atoms. The van der Waals surface area contributed by atoms with E-state index in [0.717, 1.165) is 5.56 Å². The summed E-state index contributed by atoms with van der Waals surface area (Å²) in [5, 5.41) is 2.73. The first-order valence-corrected chi connectivity index (χ1v) is 10.2. The van der Waals surface area contributed by atoms with Crippen molar-refractivity contribution >= 4 is 33.3 Å². The quantitative estimate of drug-likeness (QED) is 0.446. The molecule has 2 aromatic carbocycles. The molecule has 148 valence electrons. The fraction of sp³-hybridized carbons (Fsp3) is 0.0870. The number of carbonyl (C=O) groups excluding carboxylic acids is 1. The van der Waals surface area contributed by atoms with Crippen molar-refractivity contribution in [2.75, 3.05) is 11.5 Å². The SMILES string of the molecule is C=CCOc1cccc(C2c3c(oc4ccccc4c3=O)C(=O)N2c2nccs2)c1. The second-order valence-corrected chi connectivity index (χ2v) is 7.61. The molecule has 0 N–H and O–H groups in total. The number of carbonyl (C=O) groups is 1. The van der Waals surface area contributed by atoms with Gasteiger partial charge >= 0.3 is 0 Å². The van der Waals surface area contributed by atoms with E-state index in [1.54, 1.807) is 41.9 Å². The average Bonchev–Trinajstić information content (AvgIpc) is 3.39. The van der Waals surface area contributed by atoms with Gasteiger partial charge in [0.15, 0.2) is 10.6 Å². The molecular weight excluding hydrogens is 400 g/mol. The molecule has 1 atom stereocenters. The second kappa shape index (κ2) is 7.27. The summed E-state index contributed by atoms with van der Waals surface area (Å²) in [4.78, 5) is 32.6. The molecule has 7 heteroatoms. The van der Waals surface area contributed by atoms with Crippen molar-refractivity contribution in [3.8, 4) is 5.75 Å². The van der Waals surface area contributed by atoms with Crippen molar-refractivity contribution in [1.29, 1.82) is 0 Å². The van der Waals surface area contributed by atoms with Crippen LogP contribution in [0.5, 0.6) is 5.75 Å². The van der Waals surface area contributed by atoms with Crippen LogP contribution in [0.25, 0.3) is 11.0 Å². The number of anilines is 1. The number of fused-ring (bicyclic) bond motifs is 2. The summed E-state index contributed by atoms with van der Waals surface area (Å²) < 4.78 is 11.6. The molecule has 0 fully saturated rings. The van der Waals surface area contributed by atoms with E-state index in [9.17, 15) is 9.59 Å². The largest absolute Gasteiger partial charge is 0.490 e. The number of nitrogens with zero attached hydrogens (tertiary/aromatic N) is 2. The lowest BCUT2D eigenvalue weighted by Gasteiger charge is -2.23. The maximum atomic E-state index is 13.4. The summed E-state index contributed by atoms with van der Waals surface area (Å²) in [6.45, 7) is 4.02. The lowest BCUT2D eigenvalue weighted by Crippen LogP contribution is -2.29. The van der Waals surface area contributed by atoms with E-state index in [1.807, 2.05) is 24.3 Å². The first-order valence-electron chi connectivity index (χ1n) is 9.31. The highest BCUT2D eigenvalue weighted by molar-refractivity contribution is 7.13. The van der Waals surface area contributed by atoms with Gasteiger partial charge in [-0.15, -0.1) is 11.3 Å². The zero-order chi connectivity index (χ0) is 20.7. The maximum absolute atomic E-state index is 13.4. The minimum atomic E-state index is -0.660. The minimum Gasteiger partial charge on any atom is -0.490 e. The van der Waals surface area contributed by atoms with Gasteiger partial charge in [-0.1, -0.05) is 36.9 Å². The van der Waals surface area contributed by atoms with E-state index in [0.29, 0.717) is 34.0 Å². The third kappa shape index (κ3) is 2.83. The summed E-state index contributed by atoms with van der Waals surface area (Å²) in [6, 6.07) is 13.6. The van der Waals surface area contributed by atoms with Gasteiger partial charge in [0.25, 0.3) is 5.91 Å². The van der Waals surface area contributed by atoms with Gasteiger partial charge in [-0.05, 0) is 29.8 Å². The van der Waals surface area contributed by atoms with Crippen LogP contribution in [-0.4, -0.2) is 17.5 Å². The smallest absolute Gasteiger partial charge is 0.297 e. The van der Waals surface area contributed by atoms with Crippen molar-refractivity contribution in [1.82, 2.24) is 4.98 Å². The lowest BCUT2D eigenvalue weighted by atomic mass is 9.98. The fourth-order valence-corrected chi connectivity index (χ4v) is 4.36. The van der Waals surface area contributed by atoms with E-state index in [4.69, 9.17) is 9.15 Å². The average molecular weight is 416 g/mol. The Balaban J connectivity index is 1.76. The highest BCUT2D eigenvalue weighted by Crippen LogP contribution is 2.42. The van der Waals surface area contributed by atoms with E-state index in [1.165, 1.54) is 16.2 Å². The number of benzene rings is 2. The molecule has 1 aliphatic rings. The summed E-state index contributed by atoms with van der Waals surface area (Å²) in [5.41, 5.74) is 1.22. The molecule has 4 aromatic rings. The van der Waals surface area contributed by atoms with E-state index >= 15 is 0 Å². The van der Waals surface area contributed by atoms with E-state index < -0.39 is 6.04 Å². The lowest BCUT2D eigenvalue weighted by molar-refractivity contribution is 0.0971. The molecule has 2 aromatic heterocycles. The Labute approximate surface area is 175 Å². The number of hydrogen-bond acceptors (Lipinski definition) is 6. The molecule has 0 bridgehead atoms. The van der Waals surface area contributed by atoms with Gasteiger partial charge in [0.1, 0.15) is 17.9 Å². The van der Waals surface area contributed by atoms with Crippen LogP contribution in [-0.2, 0) is 0 Å².